The van der Waals surface area contributed by atoms with E-state index in [9.17, 15) is 38.1 Å². The van der Waals surface area contributed by atoms with E-state index in [1.54, 1.807) is 60.7 Å². The number of hydrogen-bond acceptors (Lipinski definition) is 13. The van der Waals surface area contributed by atoms with E-state index in [0.29, 0.717) is 15.8 Å². The SMILES string of the molecule is CC(=O)N[C@H]1[C@H]([C@H](O)[C@H](O)CO)O[C@@](Sc2ccc(NS(=O)(=O)c3cccc4c(N(C)C)cccc34)cc2)(C(=O)OCc2ccccc2)C[C@@H]1OC(C)=O. The van der Waals surface area contributed by atoms with Crippen molar-refractivity contribution in [3.8, 4) is 0 Å². The number of rotatable bonds is 14. The van der Waals surface area contributed by atoms with Gasteiger partial charge in [0.2, 0.25) is 10.8 Å². The van der Waals surface area contributed by atoms with Crippen LogP contribution in [0.4, 0.5) is 11.4 Å². The molecule has 0 aliphatic carbocycles. The molecule has 54 heavy (non-hydrogen) atoms. The molecule has 1 saturated heterocycles. The molecule has 0 aromatic heterocycles. The van der Waals surface area contributed by atoms with E-state index < -0.39 is 69.9 Å². The van der Waals surface area contributed by atoms with Crippen LogP contribution < -0.4 is 14.9 Å². The summed E-state index contributed by atoms with van der Waals surface area (Å²) < 4.78 is 47.6. The number of anilines is 2. The molecule has 1 heterocycles. The first kappa shape index (κ1) is 40.5. The van der Waals surface area contributed by atoms with Gasteiger partial charge in [-0.05, 0) is 42.0 Å². The number of thioether (sulfide) groups is 1. The number of fused-ring (bicyclic) bond motifs is 1. The van der Waals surface area contributed by atoms with Crippen molar-refractivity contribution >= 4 is 61.8 Å². The number of aliphatic hydroxyl groups is 3. The normalized spacial score (nSPS) is 21.1. The Kier molecular flexibility index (Phi) is 12.9. The highest BCUT2D eigenvalue weighted by atomic mass is 32.2. The number of carbonyl (C=O) groups is 3. The molecule has 0 saturated carbocycles. The zero-order valence-electron chi connectivity index (χ0n) is 30.0. The van der Waals surface area contributed by atoms with E-state index >= 15 is 0 Å². The lowest BCUT2D eigenvalue weighted by Crippen LogP contribution is -2.67. The molecular formula is C38H43N3O11S2. The van der Waals surface area contributed by atoms with Gasteiger partial charge < -0.3 is 39.7 Å². The molecular weight excluding hydrogens is 739 g/mol. The number of benzene rings is 4. The maximum Gasteiger partial charge on any atom is 0.349 e. The van der Waals surface area contributed by atoms with E-state index in [-0.39, 0.29) is 23.6 Å². The molecule has 0 unspecified atom stereocenters. The average molecular weight is 782 g/mol. The first-order valence-electron chi connectivity index (χ1n) is 17.0. The van der Waals surface area contributed by atoms with Crippen molar-refractivity contribution in [1.82, 2.24) is 5.32 Å². The first-order valence-corrected chi connectivity index (χ1v) is 19.3. The molecule has 1 aliphatic rings. The largest absolute Gasteiger partial charge is 0.460 e. The topological polar surface area (TPSA) is 201 Å². The molecule has 0 radical (unpaired) electrons. The smallest absolute Gasteiger partial charge is 0.349 e. The summed E-state index contributed by atoms with van der Waals surface area (Å²) in [6.45, 7) is 1.27. The van der Waals surface area contributed by atoms with Crippen LogP contribution >= 0.6 is 11.8 Å². The van der Waals surface area contributed by atoms with Gasteiger partial charge in [-0.2, -0.15) is 0 Å². The van der Waals surface area contributed by atoms with Gasteiger partial charge in [-0.1, -0.05) is 66.4 Å². The Morgan fingerprint density at radius 2 is 1.61 bits per heavy atom. The summed E-state index contributed by atoms with van der Waals surface area (Å²) in [4.78, 5) is 39.1. The number of sulfonamides is 1. The van der Waals surface area contributed by atoms with Gasteiger partial charge in [0.15, 0.2) is 0 Å². The minimum absolute atomic E-state index is 0.0813. The molecule has 5 rings (SSSR count). The monoisotopic (exact) mass is 781 g/mol. The summed E-state index contributed by atoms with van der Waals surface area (Å²) in [5, 5.41) is 35.2. The lowest BCUT2D eigenvalue weighted by atomic mass is 9.89. The Morgan fingerprint density at radius 3 is 2.24 bits per heavy atom. The van der Waals surface area contributed by atoms with Crippen molar-refractivity contribution in [2.75, 3.05) is 30.3 Å². The standard InChI is InChI=1S/C38H43N3O11S2/c1-23(43)39-34-32(51-24(2)44)20-38(52-36(34)35(46)31(45)21-42,37(47)50-22-25-10-6-5-7-11-25)53-27-18-16-26(17-19-27)40-54(48,49)33-15-9-12-28-29(33)13-8-14-30(28)41(3)4/h5-19,31-32,34-36,40,42,45-46H,20-22H2,1-4H3,(H,39,43)/t31-,32+,34-,35-,36-,38+/m1/s1. The Balaban J connectivity index is 1.49. The van der Waals surface area contributed by atoms with Crippen LogP contribution in [0.3, 0.4) is 0 Å². The molecule has 1 fully saturated rings. The fourth-order valence-electron chi connectivity index (χ4n) is 6.24. The van der Waals surface area contributed by atoms with Crippen molar-refractivity contribution in [2.24, 2.45) is 0 Å². The van der Waals surface area contributed by atoms with Crippen LogP contribution in [0.2, 0.25) is 0 Å². The minimum atomic E-state index is -4.07. The van der Waals surface area contributed by atoms with Crippen LogP contribution in [0.5, 0.6) is 0 Å². The number of nitrogens with one attached hydrogen (secondary N) is 2. The number of amides is 1. The Labute approximate surface area is 317 Å². The Bertz CT molecular complexity index is 2070. The van der Waals surface area contributed by atoms with E-state index in [1.807, 2.05) is 31.1 Å². The number of nitrogens with zero attached hydrogens (tertiary/aromatic N) is 1. The molecule has 4 aromatic rings. The van der Waals surface area contributed by atoms with Gasteiger partial charge in [-0.15, -0.1) is 0 Å². The van der Waals surface area contributed by atoms with Crippen LogP contribution in [0, 0.1) is 0 Å². The second-order valence-electron chi connectivity index (χ2n) is 13.0. The van der Waals surface area contributed by atoms with Gasteiger partial charge in [-0.25, -0.2) is 13.2 Å². The van der Waals surface area contributed by atoms with Crippen LogP contribution in [0.15, 0.2) is 101 Å². The third-order valence-corrected chi connectivity index (χ3v) is 11.4. The second-order valence-corrected chi connectivity index (χ2v) is 16.0. The predicted octanol–water partition coefficient (Wildman–Crippen LogP) is 3.18. The van der Waals surface area contributed by atoms with Gasteiger partial charge in [0.05, 0.1) is 17.5 Å². The molecule has 1 amide bonds. The third kappa shape index (κ3) is 9.32. The molecule has 1 aliphatic heterocycles. The van der Waals surface area contributed by atoms with E-state index in [2.05, 4.69) is 10.0 Å². The predicted molar refractivity (Wildman–Crippen MR) is 202 cm³/mol. The summed E-state index contributed by atoms with van der Waals surface area (Å²) in [7, 11) is -0.327. The zero-order chi connectivity index (χ0) is 39.2. The van der Waals surface area contributed by atoms with Gasteiger partial charge in [-0.3, -0.25) is 14.3 Å². The summed E-state index contributed by atoms with van der Waals surface area (Å²) in [6.07, 6.45) is -6.88. The number of hydrogen-bond donors (Lipinski definition) is 5. The van der Waals surface area contributed by atoms with Crippen molar-refractivity contribution in [1.29, 1.82) is 0 Å². The Hall–Kier alpha value is -4.71. The molecule has 16 heteroatoms. The lowest BCUT2D eigenvalue weighted by molar-refractivity contribution is -0.214. The van der Waals surface area contributed by atoms with Crippen molar-refractivity contribution in [2.45, 2.75) is 72.1 Å². The fraction of sp³-hybridized carbons (Fsp3) is 0.342. The summed E-state index contributed by atoms with van der Waals surface area (Å²) in [5.41, 5.74) is 1.72. The Morgan fingerprint density at radius 1 is 0.944 bits per heavy atom. The van der Waals surface area contributed by atoms with E-state index in [0.717, 1.165) is 29.8 Å². The average Bonchev–Trinajstić information content (AvgIpc) is 3.14. The first-order chi connectivity index (χ1) is 25.6. The van der Waals surface area contributed by atoms with Crippen LogP contribution in [0.25, 0.3) is 10.8 Å². The summed E-state index contributed by atoms with van der Waals surface area (Å²) in [5.74, 6) is -2.27. The lowest BCUT2D eigenvalue weighted by Gasteiger charge is -2.48. The van der Waals surface area contributed by atoms with Gasteiger partial charge in [0.25, 0.3) is 10.0 Å². The molecule has 4 aromatic carbocycles. The number of esters is 2. The fourth-order valence-corrected chi connectivity index (χ4v) is 8.73. The molecule has 5 N–H and O–H groups in total. The summed E-state index contributed by atoms with van der Waals surface area (Å²) in [6, 6.07) is 24.1. The molecule has 0 spiro atoms. The highest BCUT2D eigenvalue weighted by molar-refractivity contribution is 8.01. The minimum Gasteiger partial charge on any atom is -0.460 e. The maximum absolute atomic E-state index is 14.2. The quantitative estimate of drug-likeness (QED) is 0.117. The summed E-state index contributed by atoms with van der Waals surface area (Å²) >= 11 is 0.839. The highest BCUT2D eigenvalue weighted by Gasteiger charge is 2.57. The maximum atomic E-state index is 14.2. The molecule has 14 nitrogen and oxygen atoms in total. The second kappa shape index (κ2) is 17.2. The van der Waals surface area contributed by atoms with Gasteiger partial charge in [0, 0.05) is 61.4 Å². The van der Waals surface area contributed by atoms with Crippen LogP contribution in [0.1, 0.15) is 25.8 Å². The van der Waals surface area contributed by atoms with E-state index in [1.165, 1.54) is 25.1 Å². The van der Waals surface area contributed by atoms with Crippen molar-refractivity contribution in [3.05, 3.63) is 96.6 Å². The molecule has 0 bridgehead atoms. The van der Waals surface area contributed by atoms with Crippen molar-refractivity contribution in [3.63, 3.8) is 0 Å². The van der Waals surface area contributed by atoms with Crippen LogP contribution in [-0.2, 0) is 45.2 Å². The van der Waals surface area contributed by atoms with Crippen LogP contribution in [-0.4, -0.2) is 97.7 Å². The molecule has 288 valence electrons. The van der Waals surface area contributed by atoms with Crippen molar-refractivity contribution < 1.29 is 52.3 Å². The number of aliphatic hydroxyl groups excluding tert-OH is 3. The highest BCUT2D eigenvalue weighted by Crippen LogP contribution is 2.46. The van der Waals surface area contributed by atoms with Gasteiger partial charge >= 0.3 is 11.9 Å². The van der Waals surface area contributed by atoms with Gasteiger partial charge in [0.1, 0.15) is 31.0 Å². The number of ether oxygens (including phenoxy) is 3. The zero-order valence-corrected chi connectivity index (χ0v) is 31.7. The number of carbonyl (C=O) groups excluding carboxylic acids is 3. The molecule has 6 atom stereocenters. The van der Waals surface area contributed by atoms with E-state index in [4.69, 9.17) is 14.2 Å². The third-order valence-electron chi connectivity index (χ3n) is 8.70.